The topological polar surface area (TPSA) is 87.2 Å². The molecule has 1 aromatic heterocycles. The van der Waals surface area contributed by atoms with Gasteiger partial charge in [-0.05, 0) is 6.42 Å². The molecular weight excluding hydrogens is 240 g/mol. The molecule has 0 spiro atoms. The van der Waals surface area contributed by atoms with Gasteiger partial charge < -0.3 is 5.73 Å². The zero-order valence-corrected chi connectivity index (χ0v) is 9.88. The minimum absolute atomic E-state index is 0.0599. The zero-order chi connectivity index (χ0) is 11.8. The second kappa shape index (κ2) is 4.13. The van der Waals surface area contributed by atoms with Crippen molar-refractivity contribution >= 4 is 22.4 Å². The van der Waals surface area contributed by atoms with Crippen LogP contribution in [0.25, 0.3) is 0 Å². The number of rotatable bonds is 2. The fourth-order valence-corrected chi connectivity index (χ4v) is 2.59. The van der Waals surface area contributed by atoms with E-state index in [0.29, 0.717) is 5.13 Å². The van der Waals surface area contributed by atoms with Gasteiger partial charge in [0.25, 0.3) is 5.91 Å². The van der Waals surface area contributed by atoms with Crippen molar-refractivity contribution in [3.63, 3.8) is 0 Å². The Labute approximate surface area is 102 Å². The van der Waals surface area contributed by atoms with Gasteiger partial charge in [0.2, 0.25) is 5.13 Å². The van der Waals surface area contributed by atoms with Crippen LogP contribution in [0.3, 0.4) is 0 Å². The molecule has 7 nitrogen and oxygen atoms in total. The first-order valence-electron chi connectivity index (χ1n) is 5.41. The van der Waals surface area contributed by atoms with Crippen LogP contribution in [0, 0.1) is 0 Å². The summed E-state index contributed by atoms with van der Waals surface area (Å²) in [7, 11) is 0. The van der Waals surface area contributed by atoms with E-state index < -0.39 is 12.2 Å². The van der Waals surface area contributed by atoms with Crippen molar-refractivity contribution < 1.29 is 4.79 Å². The van der Waals surface area contributed by atoms with Crippen LogP contribution in [0.15, 0.2) is 21.8 Å². The number of hydrogen-bond acceptors (Lipinski definition) is 7. The van der Waals surface area contributed by atoms with Crippen LogP contribution >= 0.6 is 11.3 Å². The maximum atomic E-state index is 12.0. The third-order valence-corrected chi connectivity index (χ3v) is 3.58. The standard InChI is InChI=1S/C9H12N6OS/c10-7-6(12-13-9-11-2-5-17-9)8(16)15-4-1-3-14(7)15/h2,5-7H,1,3-4,10H2/b13-12+. The van der Waals surface area contributed by atoms with Crippen LogP contribution in [-0.2, 0) is 4.79 Å². The van der Waals surface area contributed by atoms with E-state index in [-0.39, 0.29) is 5.91 Å². The highest BCUT2D eigenvalue weighted by Gasteiger charge is 2.47. The molecule has 2 aliphatic heterocycles. The van der Waals surface area contributed by atoms with Crippen molar-refractivity contribution in [1.29, 1.82) is 0 Å². The van der Waals surface area contributed by atoms with E-state index in [2.05, 4.69) is 15.2 Å². The van der Waals surface area contributed by atoms with E-state index in [1.807, 2.05) is 10.4 Å². The van der Waals surface area contributed by atoms with Crippen molar-refractivity contribution in [3.8, 4) is 0 Å². The van der Waals surface area contributed by atoms with Gasteiger partial charge in [-0.15, -0.1) is 16.5 Å². The summed E-state index contributed by atoms with van der Waals surface area (Å²) in [5.41, 5.74) is 5.99. The van der Waals surface area contributed by atoms with Crippen LogP contribution in [0.2, 0.25) is 0 Å². The van der Waals surface area contributed by atoms with E-state index in [1.165, 1.54) is 11.3 Å². The number of aromatic nitrogens is 1. The fraction of sp³-hybridized carbons (Fsp3) is 0.556. The molecule has 17 heavy (non-hydrogen) atoms. The van der Waals surface area contributed by atoms with Crippen molar-refractivity contribution in [2.75, 3.05) is 13.1 Å². The number of carbonyl (C=O) groups is 1. The van der Waals surface area contributed by atoms with Gasteiger partial charge in [-0.25, -0.2) is 4.98 Å². The lowest BCUT2D eigenvalue weighted by Crippen LogP contribution is -2.43. The zero-order valence-electron chi connectivity index (χ0n) is 9.06. The smallest absolute Gasteiger partial charge is 0.266 e. The fourth-order valence-electron chi connectivity index (χ4n) is 2.13. The van der Waals surface area contributed by atoms with Crippen molar-refractivity contribution in [2.45, 2.75) is 18.6 Å². The number of amides is 1. The predicted octanol–water partition coefficient (Wildman–Crippen LogP) is 0.343. The van der Waals surface area contributed by atoms with Gasteiger partial charge in [-0.3, -0.25) is 9.80 Å². The van der Waals surface area contributed by atoms with Gasteiger partial charge in [-0.2, -0.15) is 10.1 Å². The van der Waals surface area contributed by atoms with E-state index in [0.717, 1.165) is 19.5 Å². The molecule has 3 heterocycles. The molecule has 0 radical (unpaired) electrons. The summed E-state index contributed by atoms with van der Waals surface area (Å²) in [6, 6.07) is -0.598. The van der Waals surface area contributed by atoms with E-state index in [1.54, 1.807) is 11.2 Å². The Balaban J connectivity index is 1.78. The Hall–Kier alpha value is -1.38. The lowest BCUT2D eigenvalue weighted by atomic mass is 10.2. The number of azo groups is 1. The summed E-state index contributed by atoms with van der Waals surface area (Å²) in [6.07, 6.45) is 2.22. The minimum atomic E-state index is -0.598. The summed E-state index contributed by atoms with van der Waals surface area (Å²) >= 11 is 1.38. The van der Waals surface area contributed by atoms with Gasteiger partial charge in [-0.1, -0.05) is 0 Å². The van der Waals surface area contributed by atoms with E-state index in [4.69, 9.17) is 5.73 Å². The summed E-state index contributed by atoms with van der Waals surface area (Å²) in [6.45, 7) is 1.55. The Morgan fingerprint density at radius 2 is 2.41 bits per heavy atom. The number of hydrazine groups is 1. The number of fused-ring (bicyclic) bond motifs is 1. The molecule has 2 unspecified atom stereocenters. The number of hydrogen-bond donors (Lipinski definition) is 1. The van der Waals surface area contributed by atoms with Gasteiger partial charge in [0.1, 0.15) is 6.17 Å². The van der Waals surface area contributed by atoms with E-state index >= 15 is 0 Å². The second-order valence-electron chi connectivity index (χ2n) is 3.94. The summed E-state index contributed by atoms with van der Waals surface area (Å²) in [4.78, 5) is 16.0. The average Bonchev–Trinajstić information content (AvgIpc) is 3.01. The number of nitrogens with zero attached hydrogens (tertiary/aromatic N) is 5. The first-order valence-corrected chi connectivity index (χ1v) is 6.29. The van der Waals surface area contributed by atoms with Crippen LogP contribution in [0.5, 0.6) is 0 Å². The lowest BCUT2D eigenvalue weighted by molar-refractivity contribution is -0.135. The average molecular weight is 252 g/mol. The molecule has 2 N–H and O–H groups in total. The summed E-state index contributed by atoms with van der Waals surface area (Å²) in [5, 5.41) is 13.9. The first kappa shape index (κ1) is 10.8. The molecular formula is C9H12N6OS. The largest absolute Gasteiger partial charge is 0.312 e. The number of carbonyl (C=O) groups excluding carboxylic acids is 1. The molecule has 0 aromatic carbocycles. The molecule has 90 valence electrons. The summed E-state index contributed by atoms with van der Waals surface area (Å²) < 4.78 is 0. The number of nitrogens with two attached hydrogens (primary N) is 1. The molecule has 2 fully saturated rings. The highest BCUT2D eigenvalue weighted by Crippen LogP contribution is 2.26. The van der Waals surface area contributed by atoms with Crippen molar-refractivity contribution in [3.05, 3.63) is 11.6 Å². The molecule has 0 aliphatic carbocycles. The van der Waals surface area contributed by atoms with Crippen LogP contribution in [0.4, 0.5) is 5.13 Å². The van der Waals surface area contributed by atoms with E-state index in [9.17, 15) is 4.79 Å². The molecule has 2 atom stereocenters. The molecule has 2 aliphatic rings. The third-order valence-electron chi connectivity index (χ3n) is 2.93. The molecule has 2 saturated heterocycles. The maximum absolute atomic E-state index is 12.0. The Bertz CT molecular complexity index is 446. The van der Waals surface area contributed by atoms with Gasteiger partial charge in [0.15, 0.2) is 6.04 Å². The SMILES string of the molecule is NC1C(/N=N/c2nccs2)C(=O)N2CCCN12. The molecule has 8 heteroatoms. The van der Waals surface area contributed by atoms with Gasteiger partial charge in [0.05, 0.1) is 0 Å². The second-order valence-corrected chi connectivity index (χ2v) is 4.82. The van der Waals surface area contributed by atoms with Crippen LogP contribution in [-0.4, -0.2) is 46.2 Å². The maximum Gasteiger partial charge on any atom is 0.266 e. The number of thiazole rings is 1. The normalized spacial score (nSPS) is 29.5. The van der Waals surface area contributed by atoms with Crippen molar-refractivity contribution in [1.82, 2.24) is 15.0 Å². The van der Waals surface area contributed by atoms with Crippen LogP contribution in [0.1, 0.15) is 6.42 Å². The highest BCUT2D eigenvalue weighted by atomic mass is 32.1. The minimum Gasteiger partial charge on any atom is -0.312 e. The molecule has 1 aromatic rings. The predicted molar refractivity (Wildman–Crippen MR) is 61.4 cm³/mol. The Morgan fingerprint density at radius 1 is 1.53 bits per heavy atom. The summed E-state index contributed by atoms with van der Waals surface area (Å²) in [5.74, 6) is -0.0599. The first-order chi connectivity index (χ1) is 8.27. The van der Waals surface area contributed by atoms with Gasteiger partial charge >= 0.3 is 0 Å². The Kier molecular flexibility index (Phi) is 2.61. The third kappa shape index (κ3) is 1.74. The molecule has 3 rings (SSSR count). The molecule has 0 bridgehead atoms. The lowest BCUT2D eigenvalue weighted by Gasteiger charge is -2.20. The molecule has 1 amide bonds. The van der Waals surface area contributed by atoms with Gasteiger partial charge in [0, 0.05) is 24.7 Å². The molecule has 0 saturated carbocycles. The quantitative estimate of drug-likeness (QED) is 0.769. The van der Waals surface area contributed by atoms with Crippen LogP contribution < -0.4 is 5.73 Å². The Morgan fingerprint density at radius 3 is 3.12 bits per heavy atom. The van der Waals surface area contributed by atoms with Crippen molar-refractivity contribution in [2.24, 2.45) is 16.0 Å². The highest BCUT2D eigenvalue weighted by molar-refractivity contribution is 7.13. The monoisotopic (exact) mass is 252 g/mol.